The standard InChI is InChI=1S/C11H21NO4/c1-9(2)15-7-8-16-11(14)5-4-6-12-10(3)13/h9H,4-8H2,1-3H3,(H,12,13). The highest BCUT2D eigenvalue weighted by atomic mass is 16.6. The number of amides is 1. The molecule has 1 N–H and O–H groups in total. The fourth-order valence-electron chi connectivity index (χ4n) is 1.01. The molecule has 0 aliphatic rings. The van der Waals surface area contributed by atoms with E-state index in [9.17, 15) is 9.59 Å². The summed E-state index contributed by atoms with van der Waals surface area (Å²) in [6.07, 6.45) is 1.07. The number of hydrogen-bond donors (Lipinski definition) is 1. The predicted octanol–water partition coefficient (Wildman–Crippen LogP) is 0.871. The van der Waals surface area contributed by atoms with Crippen LogP contribution in [0.4, 0.5) is 0 Å². The van der Waals surface area contributed by atoms with E-state index >= 15 is 0 Å². The van der Waals surface area contributed by atoms with E-state index in [4.69, 9.17) is 9.47 Å². The molecule has 0 unspecified atom stereocenters. The zero-order valence-corrected chi connectivity index (χ0v) is 10.2. The maximum absolute atomic E-state index is 11.1. The number of ether oxygens (including phenoxy) is 2. The average molecular weight is 231 g/mol. The molecule has 0 aromatic heterocycles. The van der Waals surface area contributed by atoms with Gasteiger partial charge in [0.1, 0.15) is 6.61 Å². The first-order valence-electron chi connectivity index (χ1n) is 5.54. The van der Waals surface area contributed by atoms with Crippen LogP contribution < -0.4 is 5.32 Å². The lowest BCUT2D eigenvalue weighted by Crippen LogP contribution is -2.22. The van der Waals surface area contributed by atoms with Gasteiger partial charge in [-0.3, -0.25) is 9.59 Å². The van der Waals surface area contributed by atoms with Gasteiger partial charge in [-0.1, -0.05) is 0 Å². The first-order chi connectivity index (χ1) is 7.52. The highest BCUT2D eigenvalue weighted by Crippen LogP contribution is 1.93. The van der Waals surface area contributed by atoms with Crippen LogP contribution in [0.15, 0.2) is 0 Å². The van der Waals surface area contributed by atoms with Gasteiger partial charge in [-0.25, -0.2) is 0 Å². The zero-order chi connectivity index (χ0) is 12.4. The van der Waals surface area contributed by atoms with Crippen molar-refractivity contribution in [2.75, 3.05) is 19.8 Å². The average Bonchev–Trinajstić information content (AvgIpc) is 2.19. The van der Waals surface area contributed by atoms with E-state index in [0.29, 0.717) is 26.0 Å². The summed E-state index contributed by atoms with van der Waals surface area (Å²) in [5, 5.41) is 2.61. The van der Waals surface area contributed by atoms with E-state index in [0.717, 1.165) is 0 Å². The Labute approximate surface area is 96.5 Å². The van der Waals surface area contributed by atoms with Gasteiger partial charge in [0.05, 0.1) is 12.7 Å². The molecule has 0 heterocycles. The summed E-state index contributed by atoms with van der Waals surface area (Å²) in [4.78, 5) is 21.7. The second kappa shape index (κ2) is 9.15. The molecule has 0 aliphatic carbocycles. The lowest BCUT2D eigenvalue weighted by atomic mass is 10.3. The van der Waals surface area contributed by atoms with Crippen molar-refractivity contribution in [2.24, 2.45) is 0 Å². The number of rotatable bonds is 8. The van der Waals surface area contributed by atoms with Crippen molar-refractivity contribution in [2.45, 2.75) is 39.7 Å². The first-order valence-corrected chi connectivity index (χ1v) is 5.54. The zero-order valence-electron chi connectivity index (χ0n) is 10.2. The maximum atomic E-state index is 11.1. The number of carbonyl (C=O) groups excluding carboxylic acids is 2. The highest BCUT2D eigenvalue weighted by molar-refractivity contribution is 5.73. The van der Waals surface area contributed by atoms with Crippen molar-refractivity contribution >= 4 is 11.9 Å². The molecular weight excluding hydrogens is 210 g/mol. The van der Waals surface area contributed by atoms with Crippen molar-refractivity contribution in [1.29, 1.82) is 0 Å². The molecule has 0 bridgehead atoms. The summed E-state index contributed by atoms with van der Waals surface area (Å²) in [6.45, 7) is 6.52. The van der Waals surface area contributed by atoms with Crippen molar-refractivity contribution < 1.29 is 19.1 Å². The quantitative estimate of drug-likeness (QED) is 0.497. The smallest absolute Gasteiger partial charge is 0.305 e. The Morgan fingerprint density at radius 3 is 2.50 bits per heavy atom. The number of hydrogen-bond acceptors (Lipinski definition) is 4. The second-order valence-corrected chi connectivity index (χ2v) is 3.73. The molecule has 0 aliphatic heterocycles. The molecule has 0 fully saturated rings. The fraction of sp³-hybridized carbons (Fsp3) is 0.818. The maximum Gasteiger partial charge on any atom is 0.305 e. The molecule has 0 aromatic rings. The van der Waals surface area contributed by atoms with Crippen molar-refractivity contribution in [3.8, 4) is 0 Å². The Hall–Kier alpha value is -1.10. The highest BCUT2D eigenvalue weighted by Gasteiger charge is 2.02. The number of esters is 1. The van der Waals surface area contributed by atoms with Gasteiger partial charge in [-0.15, -0.1) is 0 Å². The minimum absolute atomic E-state index is 0.0845. The third-order valence-electron chi connectivity index (χ3n) is 1.73. The SMILES string of the molecule is CC(=O)NCCCC(=O)OCCOC(C)C. The van der Waals surface area contributed by atoms with Crippen LogP contribution in [0, 0.1) is 0 Å². The van der Waals surface area contributed by atoms with Gasteiger partial charge in [0.25, 0.3) is 0 Å². The second-order valence-electron chi connectivity index (χ2n) is 3.73. The summed E-state index contributed by atoms with van der Waals surface area (Å²) in [5.74, 6) is -0.337. The Bertz CT molecular complexity index is 216. The number of carbonyl (C=O) groups is 2. The summed E-state index contributed by atoms with van der Waals surface area (Å²) in [6, 6.07) is 0. The topological polar surface area (TPSA) is 64.6 Å². The number of nitrogens with one attached hydrogen (secondary N) is 1. The van der Waals surface area contributed by atoms with Gasteiger partial charge >= 0.3 is 5.97 Å². The van der Waals surface area contributed by atoms with Gasteiger partial charge < -0.3 is 14.8 Å². The molecule has 0 radical (unpaired) electrons. The van der Waals surface area contributed by atoms with E-state index in [1.165, 1.54) is 6.92 Å². The fourth-order valence-corrected chi connectivity index (χ4v) is 1.01. The molecule has 0 spiro atoms. The van der Waals surface area contributed by atoms with Crippen LogP contribution in [0.25, 0.3) is 0 Å². The van der Waals surface area contributed by atoms with E-state index < -0.39 is 0 Å². The van der Waals surface area contributed by atoms with Crippen molar-refractivity contribution in [1.82, 2.24) is 5.32 Å². The minimum Gasteiger partial charge on any atom is -0.463 e. The van der Waals surface area contributed by atoms with Crippen LogP contribution in [0.1, 0.15) is 33.6 Å². The van der Waals surface area contributed by atoms with Gasteiger partial charge in [0, 0.05) is 19.9 Å². The van der Waals surface area contributed by atoms with Gasteiger partial charge in [-0.05, 0) is 20.3 Å². The molecule has 0 atom stereocenters. The minimum atomic E-state index is -0.252. The Balaban J connectivity index is 3.28. The van der Waals surface area contributed by atoms with Gasteiger partial charge in [0.2, 0.25) is 5.91 Å². The Morgan fingerprint density at radius 1 is 1.25 bits per heavy atom. The molecule has 0 saturated heterocycles. The molecule has 0 rings (SSSR count). The summed E-state index contributed by atoms with van der Waals surface area (Å²) >= 11 is 0. The third kappa shape index (κ3) is 11.0. The largest absolute Gasteiger partial charge is 0.463 e. The monoisotopic (exact) mass is 231 g/mol. The molecule has 5 heteroatoms. The van der Waals surface area contributed by atoms with Gasteiger partial charge in [-0.2, -0.15) is 0 Å². The Morgan fingerprint density at radius 2 is 1.94 bits per heavy atom. The van der Waals surface area contributed by atoms with Crippen LogP contribution in [0.2, 0.25) is 0 Å². The molecule has 0 saturated carbocycles. The summed E-state index contributed by atoms with van der Waals surface area (Å²) in [7, 11) is 0. The lowest BCUT2D eigenvalue weighted by Gasteiger charge is -2.08. The van der Waals surface area contributed by atoms with Crippen LogP contribution >= 0.6 is 0 Å². The normalized spacial score (nSPS) is 10.2. The summed E-state index contributed by atoms with van der Waals surface area (Å²) < 4.78 is 10.1. The molecule has 94 valence electrons. The molecule has 5 nitrogen and oxygen atoms in total. The van der Waals surface area contributed by atoms with Crippen LogP contribution in [0.3, 0.4) is 0 Å². The van der Waals surface area contributed by atoms with Crippen molar-refractivity contribution in [3.63, 3.8) is 0 Å². The van der Waals surface area contributed by atoms with E-state index in [-0.39, 0.29) is 24.6 Å². The lowest BCUT2D eigenvalue weighted by molar-refractivity contribution is -0.145. The summed E-state index contributed by atoms with van der Waals surface area (Å²) in [5.41, 5.74) is 0. The molecule has 0 aromatic carbocycles. The Kier molecular flexibility index (Phi) is 8.52. The van der Waals surface area contributed by atoms with Crippen LogP contribution in [-0.2, 0) is 19.1 Å². The predicted molar refractivity (Wildman–Crippen MR) is 60.0 cm³/mol. The molecular formula is C11H21NO4. The van der Waals surface area contributed by atoms with Crippen LogP contribution in [-0.4, -0.2) is 37.7 Å². The van der Waals surface area contributed by atoms with Gasteiger partial charge in [0.15, 0.2) is 0 Å². The third-order valence-corrected chi connectivity index (χ3v) is 1.73. The van der Waals surface area contributed by atoms with E-state index in [1.54, 1.807) is 0 Å². The van der Waals surface area contributed by atoms with Crippen LogP contribution in [0.5, 0.6) is 0 Å². The van der Waals surface area contributed by atoms with E-state index in [2.05, 4.69) is 5.32 Å². The van der Waals surface area contributed by atoms with E-state index in [1.807, 2.05) is 13.8 Å². The molecule has 1 amide bonds. The first kappa shape index (κ1) is 14.9. The molecule has 16 heavy (non-hydrogen) atoms. The van der Waals surface area contributed by atoms with Crippen molar-refractivity contribution in [3.05, 3.63) is 0 Å².